The van der Waals surface area contributed by atoms with Gasteiger partial charge < -0.3 is 10.2 Å². The predicted octanol–water partition coefficient (Wildman–Crippen LogP) is 3.87. The Balaban J connectivity index is 1.82. The lowest BCUT2D eigenvalue weighted by Crippen LogP contribution is -2.25. The van der Waals surface area contributed by atoms with E-state index in [1.165, 1.54) is 16.7 Å². The summed E-state index contributed by atoms with van der Waals surface area (Å²) in [7, 11) is 3.45. The monoisotopic (exact) mass is 420 g/mol. The molecule has 0 aromatic heterocycles. The standard InChI is InChI=1S/C19H21BrN2O2S/c1-13-10-16(20)8-9-17(13)25-12-18(23)21-11-14-4-6-15(7-5-14)19(24)22(2)3/h4-10H,11-12H2,1-3H3,(H,21,23). The number of carbonyl (C=O) groups is 2. The van der Waals surface area contributed by atoms with Crippen molar-refractivity contribution in [2.75, 3.05) is 19.8 Å². The third-order valence-electron chi connectivity index (χ3n) is 3.59. The predicted molar refractivity (Wildman–Crippen MR) is 106 cm³/mol. The zero-order valence-electron chi connectivity index (χ0n) is 14.5. The van der Waals surface area contributed by atoms with Gasteiger partial charge in [-0.1, -0.05) is 28.1 Å². The summed E-state index contributed by atoms with van der Waals surface area (Å²) < 4.78 is 1.04. The molecule has 132 valence electrons. The van der Waals surface area contributed by atoms with Crippen LogP contribution in [0.4, 0.5) is 0 Å². The number of thioether (sulfide) groups is 1. The number of nitrogens with one attached hydrogen (secondary N) is 1. The molecule has 0 unspecified atom stereocenters. The molecule has 2 aromatic carbocycles. The molecule has 0 saturated heterocycles. The average Bonchev–Trinajstić information content (AvgIpc) is 2.59. The molecular weight excluding hydrogens is 400 g/mol. The van der Waals surface area contributed by atoms with E-state index in [1.54, 1.807) is 26.2 Å². The van der Waals surface area contributed by atoms with Crippen LogP contribution in [0.25, 0.3) is 0 Å². The first-order chi connectivity index (χ1) is 11.9. The SMILES string of the molecule is Cc1cc(Br)ccc1SCC(=O)NCc1ccc(C(=O)N(C)C)cc1. The van der Waals surface area contributed by atoms with Crippen LogP contribution in [0.3, 0.4) is 0 Å². The van der Waals surface area contributed by atoms with Gasteiger partial charge in [0.05, 0.1) is 5.75 Å². The highest BCUT2D eigenvalue weighted by Crippen LogP contribution is 2.25. The summed E-state index contributed by atoms with van der Waals surface area (Å²) in [6.45, 7) is 2.48. The Bertz CT molecular complexity index is 761. The summed E-state index contributed by atoms with van der Waals surface area (Å²) in [5.41, 5.74) is 2.75. The van der Waals surface area contributed by atoms with E-state index in [2.05, 4.69) is 21.2 Å². The molecule has 0 aliphatic rings. The Morgan fingerprint density at radius 3 is 2.40 bits per heavy atom. The normalized spacial score (nSPS) is 10.4. The van der Waals surface area contributed by atoms with Crippen molar-refractivity contribution in [3.05, 3.63) is 63.6 Å². The van der Waals surface area contributed by atoms with E-state index in [0.717, 1.165) is 20.5 Å². The molecule has 0 radical (unpaired) electrons. The molecular formula is C19H21BrN2O2S. The highest BCUT2D eigenvalue weighted by Gasteiger charge is 2.08. The molecule has 0 spiro atoms. The largest absolute Gasteiger partial charge is 0.351 e. The molecule has 0 fully saturated rings. The Hall–Kier alpha value is -1.79. The highest BCUT2D eigenvalue weighted by atomic mass is 79.9. The van der Waals surface area contributed by atoms with Crippen LogP contribution < -0.4 is 5.32 Å². The van der Waals surface area contributed by atoms with Crippen molar-refractivity contribution in [3.8, 4) is 0 Å². The third-order valence-corrected chi connectivity index (χ3v) is 5.26. The van der Waals surface area contributed by atoms with Gasteiger partial charge in [-0.25, -0.2) is 0 Å². The number of aryl methyl sites for hydroxylation is 1. The maximum Gasteiger partial charge on any atom is 0.253 e. The molecule has 2 amide bonds. The molecule has 0 saturated carbocycles. The van der Waals surface area contributed by atoms with Crippen LogP contribution in [0.2, 0.25) is 0 Å². The Kier molecular flexibility index (Phi) is 7.08. The molecule has 0 bridgehead atoms. The first-order valence-corrected chi connectivity index (χ1v) is 9.61. The van der Waals surface area contributed by atoms with Gasteiger partial charge in [0, 0.05) is 35.6 Å². The Labute approximate surface area is 161 Å². The van der Waals surface area contributed by atoms with E-state index >= 15 is 0 Å². The lowest BCUT2D eigenvalue weighted by molar-refractivity contribution is -0.118. The molecule has 0 aliphatic carbocycles. The zero-order chi connectivity index (χ0) is 18.4. The van der Waals surface area contributed by atoms with Crippen LogP contribution in [0.15, 0.2) is 51.8 Å². The van der Waals surface area contributed by atoms with Crippen molar-refractivity contribution >= 4 is 39.5 Å². The van der Waals surface area contributed by atoms with E-state index in [-0.39, 0.29) is 11.8 Å². The van der Waals surface area contributed by atoms with Gasteiger partial charge in [-0.3, -0.25) is 9.59 Å². The van der Waals surface area contributed by atoms with Crippen LogP contribution >= 0.6 is 27.7 Å². The minimum atomic E-state index is -0.0307. The lowest BCUT2D eigenvalue weighted by atomic mass is 10.1. The minimum absolute atomic E-state index is 0.0132. The van der Waals surface area contributed by atoms with Crippen molar-refractivity contribution < 1.29 is 9.59 Å². The number of rotatable bonds is 6. The second kappa shape index (κ2) is 9.06. The van der Waals surface area contributed by atoms with Crippen molar-refractivity contribution in [2.24, 2.45) is 0 Å². The quantitative estimate of drug-likeness (QED) is 0.721. The van der Waals surface area contributed by atoms with E-state index in [4.69, 9.17) is 0 Å². The van der Waals surface area contributed by atoms with E-state index in [1.807, 2.05) is 37.3 Å². The Morgan fingerprint density at radius 1 is 1.12 bits per heavy atom. The average molecular weight is 421 g/mol. The van der Waals surface area contributed by atoms with Gasteiger partial charge in [-0.15, -0.1) is 11.8 Å². The molecule has 0 atom stereocenters. The lowest BCUT2D eigenvalue weighted by Gasteiger charge is -2.11. The van der Waals surface area contributed by atoms with Gasteiger partial charge in [0.2, 0.25) is 5.91 Å². The number of amides is 2. The number of carbonyl (C=O) groups excluding carboxylic acids is 2. The smallest absolute Gasteiger partial charge is 0.253 e. The van der Waals surface area contributed by atoms with Crippen LogP contribution in [0.5, 0.6) is 0 Å². The fourth-order valence-corrected chi connectivity index (χ4v) is 3.51. The molecule has 1 N–H and O–H groups in total. The first kappa shape index (κ1) is 19.5. The van der Waals surface area contributed by atoms with Crippen LogP contribution in [0.1, 0.15) is 21.5 Å². The molecule has 0 aliphatic heterocycles. The summed E-state index contributed by atoms with van der Waals surface area (Å²) in [6.07, 6.45) is 0. The number of hydrogen-bond acceptors (Lipinski definition) is 3. The van der Waals surface area contributed by atoms with Crippen molar-refractivity contribution in [3.63, 3.8) is 0 Å². The third kappa shape index (κ3) is 5.90. The van der Waals surface area contributed by atoms with Crippen molar-refractivity contribution in [1.29, 1.82) is 0 Å². The van der Waals surface area contributed by atoms with Crippen molar-refractivity contribution in [1.82, 2.24) is 10.2 Å². The molecule has 4 nitrogen and oxygen atoms in total. The number of halogens is 1. The maximum absolute atomic E-state index is 12.0. The van der Waals surface area contributed by atoms with Gasteiger partial charge in [-0.2, -0.15) is 0 Å². The highest BCUT2D eigenvalue weighted by molar-refractivity contribution is 9.10. The molecule has 25 heavy (non-hydrogen) atoms. The fourth-order valence-electron chi connectivity index (χ4n) is 2.19. The van der Waals surface area contributed by atoms with Crippen LogP contribution in [-0.2, 0) is 11.3 Å². The second-order valence-corrected chi connectivity index (χ2v) is 7.80. The van der Waals surface area contributed by atoms with Crippen LogP contribution in [-0.4, -0.2) is 36.6 Å². The van der Waals surface area contributed by atoms with E-state index < -0.39 is 0 Å². The van der Waals surface area contributed by atoms with Crippen LogP contribution in [0, 0.1) is 6.92 Å². The molecule has 0 heterocycles. The number of hydrogen-bond donors (Lipinski definition) is 1. The zero-order valence-corrected chi connectivity index (χ0v) is 16.9. The summed E-state index contributed by atoms with van der Waals surface area (Å²) in [5, 5.41) is 2.91. The van der Waals surface area contributed by atoms with E-state index in [9.17, 15) is 9.59 Å². The summed E-state index contributed by atoms with van der Waals surface area (Å²) in [5.74, 6) is 0.331. The second-order valence-electron chi connectivity index (χ2n) is 5.87. The number of benzene rings is 2. The summed E-state index contributed by atoms with van der Waals surface area (Å²) in [4.78, 5) is 26.5. The van der Waals surface area contributed by atoms with Gasteiger partial charge >= 0.3 is 0 Å². The topological polar surface area (TPSA) is 49.4 Å². The summed E-state index contributed by atoms with van der Waals surface area (Å²) >= 11 is 4.96. The van der Waals surface area contributed by atoms with Gasteiger partial charge in [0.15, 0.2) is 0 Å². The molecule has 2 rings (SSSR count). The molecule has 2 aromatic rings. The van der Waals surface area contributed by atoms with E-state index in [0.29, 0.717) is 17.9 Å². The van der Waals surface area contributed by atoms with Gasteiger partial charge in [-0.05, 0) is 48.4 Å². The van der Waals surface area contributed by atoms with Gasteiger partial charge in [0.25, 0.3) is 5.91 Å². The Morgan fingerprint density at radius 2 is 1.80 bits per heavy atom. The van der Waals surface area contributed by atoms with Crippen molar-refractivity contribution in [2.45, 2.75) is 18.4 Å². The minimum Gasteiger partial charge on any atom is -0.351 e. The fraction of sp³-hybridized carbons (Fsp3) is 0.263. The summed E-state index contributed by atoms with van der Waals surface area (Å²) in [6, 6.07) is 13.3. The maximum atomic E-state index is 12.0. The van der Waals surface area contributed by atoms with Gasteiger partial charge in [0.1, 0.15) is 0 Å². The molecule has 6 heteroatoms. The first-order valence-electron chi connectivity index (χ1n) is 7.83. The number of nitrogens with zero attached hydrogens (tertiary/aromatic N) is 1.